The Hall–Kier alpha value is -1.26. The number of benzene rings is 1. The van der Waals surface area contributed by atoms with Crippen LogP contribution in [-0.4, -0.2) is 36.5 Å². The van der Waals surface area contributed by atoms with E-state index in [0.29, 0.717) is 16.7 Å². The van der Waals surface area contributed by atoms with Gasteiger partial charge in [0.05, 0.1) is 0 Å². The number of nitrogens with zero attached hydrogens (tertiary/aromatic N) is 1. The molecule has 1 aliphatic heterocycles. The summed E-state index contributed by atoms with van der Waals surface area (Å²) in [5.74, 6) is 1.07. The van der Waals surface area contributed by atoms with Gasteiger partial charge in [-0.2, -0.15) is 0 Å². The summed E-state index contributed by atoms with van der Waals surface area (Å²) in [5, 5.41) is 0.652. The third-order valence-electron chi connectivity index (χ3n) is 3.73. The first kappa shape index (κ1) is 15.1. The van der Waals surface area contributed by atoms with Crippen molar-refractivity contribution in [2.24, 2.45) is 11.7 Å². The van der Waals surface area contributed by atoms with Crippen LogP contribution in [0, 0.1) is 5.92 Å². The summed E-state index contributed by atoms with van der Waals surface area (Å²) in [6.07, 6.45) is 2.11. The van der Waals surface area contributed by atoms with Gasteiger partial charge in [-0.05, 0) is 49.9 Å². The highest BCUT2D eigenvalue weighted by Gasteiger charge is 2.25. The number of hydrogen-bond donors (Lipinski definition) is 1. The van der Waals surface area contributed by atoms with Crippen molar-refractivity contribution in [2.75, 3.05) is 19.7 Å². The van der Waals surface area contributed by atoms with E-state index in [9.17, 15) is 4.79 Å². The van der Waals surface area contributed by atoms with Crippen LogP contribution in [0.2, 0.25) is 5.02 Å². The van der Waals surface area contributed by atoms with Gasteiger partial charge in [-0.15, -0.1) is 0 Å². The van der Waals surface area contributed by atoms with E-state index in [-0.39, 0.29) is 18.6 Å². The zero-order chi connectivity index (χ0) is 14.5. The molecule has 1 aromatic carbocycles. The fraction of sp³-hybridized carbons (Fsp3) is 0.533. The van der Waals surface area contributed by atoms with Crippen molar-refractivity contribution in [3.05, 3.63) is 29.3 Å². The molecule has 2 N–H and O–H groups in total. The molecule has 0 radical (unpaired) electrons. The minimum Gasteiger partial charge on any atom is -0.484 e. The molecular formula is C15H21ClN2O2. The van der Waals surface area contributed by atoms with Crippen molar-refractivity contribution in [3.8, 4) is 5.75 Å². The Morgan fingerprint density at radius 2 is 2.20 bits per heavy atom. The number of piperidine rings is 1. The number of ether oxygens (including phenoxy) is 1. The highest BCUT2D eigenvalue weighted by atomic mass is 35.5. The number of rotatable bonds is 4. The molecule has 1 aromatic rings. The quantitative estimate of drug-likeness (QED) is 0.927. The Balaban J connectivity index is 1.83. The van der Waals surface area contributed by atoms with Crippen LogP contribution in [-0.2, 0) is 4.79 Å². The van der Waals surface area contributed by atoms with Gasteiger partial charge in [-0.1, -0.05) is 11.6 Å². The molecule has 0 unspecified atom stereocenters. The van der Waals surface area contributed by atoms with Crippen LogP contribution >= 0.6 is 11.6 Å². The molecule has 0 aromatic heterocycles. The molecule has 2 atom stereocenters. The fourth-order valence-electron chi connectivity index (χ4n) is 2.43. The average Bonchev–Trinajstić information content (AvgIpc) is 2.46. The maximum atomic E-state index is 12.1. The van der Waals surface area contributed by atoms with Crippen molar-refractivity contribution < 1.29 is 9.53 Å². The zero-order valence-electron chi connectivity index (χ0n) is 11.7. The van der Waals surface area contributed by atoms with Crippen LogP contribution in [0.4, 0.5) is 0 Å². The third-order valence-corrected chi connectivity index (χ3v) is 3.98. The molecule has 4 nitrogen and oxygen atoms in total. The topological polar surface area (TPSA) is 55.6 Å². The minimum atomic E-state index is 0.0188. The van der Waals surface area contributed by atoms with Crippen LogP contribution in [0.25, 0.3) is 0 Å². The molecule has 1 saturated heterocycles. The fourth-order valence-corrected chi connectivity index (χ4v) is 2.56. The lowest BCUT2D eigenvalue weighted by atomic mass is 9.92. The molecule has 0 spiro atoms. The zero-order valence-corrected chi connectivity index (χ0v) is 12.5. The molecule has 1 heterocycles. The van der Waals surface area contributed by atoms with E-state index in [1.807, 2.05) is 11.8 Å². The van der Waals surface area contributed by atoms with Gasteiger partial charge in [-0.3, -0.25) is 4.79 Å². The summed E-state index contributed by atoms with van der Waals surface area (Å²) in [7, 11) is 0. The van der Waals surface area contributed by atoms with Gasteiger partial charge in [0.15, 0.2) is 6.61 Å². The van der Waals surface area contributed by atoms with Gasteiger partial charge >= 0.3 is 0 Å². The number of amides is 1. The van der Waals surface area contributed by atoms with E-state index in [0.717, 1.165) is 25.9 Å². The minimum absolute atomic E-state index is 0.0188. The van der Waals surface area contributed by atoms with Crippen molar-refractivity contribution in [3.63, 3.8) is 0 Å². The molecular weight excluding hydrogens is 276 g/mol. The second-order valence-corrected chi connectivity index (χ2v) is 5.78. The Kier molecular flexibility index (Phi) is 5.26. The summed E-state index contributed by atoms with van der Waals surface area (Å²) in [5.41, 5.74) is 5.93. The largest absolute Gasteiger partial charge is 0.484 e. The lowest BCUT2D eigenvalue weighted by Crippen LogP contribution is -2.46. The summed E-state index contributed by atoms with van der Waals surface area (Å²) < 4.78 is 5.49. The molecule has 2 rings (SSSR count). The number of nitrogens with two attached hydrogens (primary N) is 1. The molecule has 1 aliphatic rings. The molecule has 5 heteroatoms. The highest BCUT2D eigenvalue weighted by Crippen LogP contribution is 2.19. The molecule has 1 amide bonds. The normalized spacial score (nSPS) is 20.6. The van der Waals surface area contributed by atoms with Crippen molar-refractivity contribution in [1.29, 1.82) is 0 Å². The van der Waals surface area contributed by atoms with Gasteiger partial charge in [0.1, 0.15) is 5.75 Å². The van der Waals surface area contributed by atoms with Gasteiger partial charge in [0, 0.05) is 24.2 Å². The summed E-state index contributed by atoms with van der Waals surface area (Å²) in [6, 6.07) is 7.14. The molecule has 0 saturated carbocycles. The highest BCUT2D eigenvalue weighted by molar-refractivity contribution is 6.30. The second kappa shape index (κ2) is 6.95. The predicted molar refractivity (Wildman–Crippen MR) is 79.9 cm³/mol. The number of carbonyl (C=O) groups excluding carboxylic acids is 1. The van der Waals surface area contributed by atoms with Crippen molar-refractivity contribution in [1.82, 2.24) is 4.90 Å². The molecule has 110 valence electrons. The Labute approximate surface area is 124 Å². The average molecular weight is 297 g/mol. The van der Waals surface area contributed by atoms with Crippen molar-refractivity contribution in [2.45, 2.75) is 25.8 Å². The van der Waals surface area contributed by atoms with Crippen molar-refractivity contribution >= 4 is 17.5 Å². The summed E-state index contributed by atoms with van der Waals surface area (Å²) >= 11 is 5.80. The van der Waals surface area contributed by atoms with E-state index in [1.54, 1.807) is 24.3 Å². The Bertz CT molecular complexity index is 448. The molecule has 0 bridgehead atoms. The number of carbonyl (C=O) groups is 1. The monoisotopic (exact) mass is 296 g/mol. The first-order valence-electron chi connectivity index (χ1n) is 6.98. The number of hydrogen-bond acceptors (Lipinski definition) is 3. The maximum absolute atomic E-state index is 12.1. The van der Waals surface area contributed by atoms with E-state index < -0.39 is 0 Å². The predicted octanol–water partition coefficient (Wildman–Crippen LogP) is 2.30. The number of likely N-dealkylation sites (tertiary alicyclic amines) is 1. The molecule has 0 aliphatic carbocycles. The second-order valence-electron chi connectivity index (χ2n) is 5.34. The van der Waals surface area contributed by atoms with Gasteiger partial charge in [-0.25, -0.2) is 0 Å². The molecule has 1 fully saturated rings. The summed E-state index contributed by atoms with van der Waals surface area (Å²) in [4.78, 5) is 14.0. The van der Waals surface area contributed by atoms with Crippen LogP contribution in [0.15, 0.2) is 24.3 Å². The smallest absolute Gasteiger partial charge is 0.260 e. The van der Waals surface area contributed by atoms with Gasteiger partial charge in [0.2, 0.25) is 0 Å². The van der Waals surface area contributed by atoms with Crippen LogP contribution in [0.1, 0.15) is 19.8 Å². The number of halogens is 1. The van der Waals surface area contributed by atoms with Crippen LogP contribution < -0.4 is 10.5 Å². The molecule has 20 heavy (non-hydrogen) atoms. The third kappa shape index (κ3) is 4.12. The van der Waals surface area contributed by atoms with E-state index >= 15 is 0 Å². The lowest BCUT2D eigenvalue weighted by molar-refractivity contribution is -0.135. The first-order valence-corrected chi connectivity index (χ1v) is 7.36. The maximum Gasteiger partial charge on any atom is 0.260 e. The summed E-state index contributed by atoms with van der Waals surface area (Å²) in [6.45, 7) is 3.60. The van der Waals surface area contributed by atoms with Gasteiger partial charge in [0.25, 0.3) is 5.91 Å². The van der Waals surface area contributed by atoms with E-state index in [1.165, 1.54) is 0 Å². The Morgan fingerprint density at radius 3 is 2.85 bits per heavy atom. The van der Waals surface area contributed by atoms with E-state index in [2.05, 4.69) is 0 Å². The lowest BCUT2D eigenvalue weighted by Gasteiger charge is -2.34. The van der Waals surface area contributed by atoms with Crippen LogP contribution in [0.3, 0.4) is 0 Å². The standard InChI is InChI=1S/C15H21ClN2O2/c1-11(17)12-3-2-8-18(9-12)15(19)10-20-14-6-4-13(16)5-7-14/h4-7,11-12H,2-3,8-10,17H2,1H3/t11-,12-/m1/s1. The van der Waals surface area contributed by atoms with Gasteiger partial charge < -0.3 is 15.4 Å². The Morgan fingerprint density at radius 1 is 1.50 bits per heavy atom. The SMILES string of the molecule is C[C@@H](N)[C@@H]1CCCN(C(=O)COc2ccc(Cl)cc2)C1. The van der Waals surface area contributed by atoms with Crippen LogP contribution in [0.5, 0.6) is 5.75 Å². The van der Waals surface area contributed by atoms with E-state index in [4.69, 9.17) is 22.1 Å². The first-order chi connectivity index (χ1) is 9.56.